The molecule has 2 nitrogen and oxygen atoms in total. The van der Waals surface area contributed by atoms with Crippen molar-refractivity contribution in [1.29, 1.82) is 0 Å². The third kappa shape index (κ3) is 0.698. The molecule has 1 heterocycles. The van der Waals surface area contributed by atoms with Gasteiger partial charge in [0.25, 0.3) is 0 Å². The van der Waals surface area contributed by atoms with E-state index in [9.17, 15) is 0 Å². The van der Waals surface area contributed by atoms with Gasteiger partial charge in [-0.3, -0.25) is 0 Å². The van der Waals surface area contributed by atoms with E-state index in [-0.39, 0.29) is 6.29 Å². The Morgan fingerprint density at radius 2 is 1.83 bits per heavy atom. The zero-order valence-electron chi connectivity index (χ0n) is 3.89. The molecular formula is C4H7O2. The van der Waals surface area contributed by atoms with Crippen molar-refractivity contribution in [2.24, 2.45) is 0 Å². The second-order valence-electron chi connectivity index (χ2n) is 1.60. The molecule has 0 atom stereocenters. The first-order valence-electron chi connectivity index (χ1n) is 1.93. The monoisotopic (exact) mass is 87.0 g/mol. The molecule has 1 aliphatic heterocycles. The van der Waals surface area contributed by atoms with E-state index >= 15 is 0 Å². The van der Waals surface area contributed by atoms with Gasteiger partial charge in [0.1, 0.15) is 0 Å². The van der Waals surface area contributed by atoms with Gasteiger partial charge in [-0.2, -0.15) is 9.78 Å². The van der Waals surface area contributed by atoms with Crippen LogP contribution in [0.15, 0.2) is 0 Å². The summed E-state index contributed by atoms with van der Waals surface area (Å²) in [4.78, 5) is 8.87. The number of rotatable bonds is 1. The Morgan fingerprint density at radius 3 is 1.83 bits per heavy atom. The standard InChI is InChI=1S/C4H7O2/c1-3(2)4-5-6-4/h4H,1-2H3. The van der Waals surface area contributed by atoms with Crippen LogP contribution in [-0.4, -0.2) is 6.29 Å². The topological polar surface area (TPSA) is 25.1 Å². The molecule has 6 heavy (non-hydrogen) atoms. The van der Waals surface area contributed by atoms with Crippen LogP contribution in [0, 0.1) is 5.92 Å². The number of hydrogen-bond acceptors (Lipinski definition) is 2. The van der Waals surface area contributed by atoms with Crippen LogP contribution in [0.1, 0.15) is 13.8 Å². The molecule has 0 spiro atoms. The summed E-state index contributed by atoms with van der Waals surface area (Å²) in [5.74, 6) is 1.18. The van der Waals surface area contributed by atoms with E-state index in [0.717, 1.165) is 0 Å². The van der Waals surface area contributed by atoms with Crippen molar-refractivity contribution in [3.05, 3.63) is 5.92 Å². The van der Waals surface area contributed by atoms with E-state index in [1.54, 1.807) is 0 Å². The van der Waals surface area contributed by atoms with Gasteiger partial charge < -0.3 is 0 Å². The second kappa shape index (κ2) is 1.21. The third-order valence-corrected chi connectivity index (χ3v) is 0.664. The molecule has 0 bridgehead atoms. The largest absolute Gasteiger partial charge is 0.230 e. The van der Waals surface area contributed by atoms with E-state index in [1.807, 2.05) is 13.8 Å². The van der Waals surface area contributed by atoms with E-state index < -0.39 is 0 Å². The highest BCUT2D eigenvalue weighted by molar-refractivity contribution is 4.83. The van der Waals surface area contributed by atoms with Crippen molar-refractivity contribution in [2.75, 3.05) is 0 Å². The lowest BCUT2D eigenvalue weighted by molar-refractivity contribution is 0.0850. The van der Waals surface area contributed by atoms with Crippen LogP contribution in [0.4, 0.5) is 0 Å². The summed E-state index contributed by atoms with van der Waals surface area (Å²) < 4.78 is 0. The zero-order chi connectivity index (χ0) is 4.57. The Labute approximate surface area is 37.0 Å². The van der Waals surface area contributed by atoms with Crippen molar-refractivity contribution in [1.82, 2.24) is 0 Å². The zero-order valence-corrected chi connectivity index (χ0v) is 3.89. The van der Waals surface area contributed by atoms with Gasteiger partial charge in [-0.25, -0.2) is 0 Å². The van der Waals surface area contributed by atoms with E-state index in [2.05, 4.69) is 9.78 Å². The molecule has 0 amide bonds. The molecule has 1 rings (SSSR count). The summed E-state index contributed by atoms with van der Waals surface area (Å²) in [5.41, 5.74) is 0. The van der Waals surface area contributed by atoms with Crippen LogP contribution in [0.3, 0.4) is 0 Å². The van der Waals surface area contributed by atoms with Crippen molar-refractivity contribution in [2.45, 2.75) is 20.1 Å². The fourth-order valence-electron chi connectivity index (χ4n) is 0.220. The third-order valence-electron chi connectivity index (χ3n) is 0.664. The molecule has 0 saturated carbocycles. The van der Waals surface area contributed by atoms with Gasteiger partial charge in [-0.1, -0.05) is 13.8 Å². The van der Waals surface area contributed by atoms with Gasteiger partial charge >= 0.3 is 0 Å². The minimum absolute atomic E-state index is 0.0185. The summed E-state index contributed by atoms with van der Waals surface area (Å²) >= 11 is 0. The maximum Gasteiger partial charge on any atom is 0.230 e. The van der Waals surface area contributed by atoms with E-state index in [4.69, 9.17) is 0 Å². The maximum atomic E-state index is 4.43. The van der Waals surface area contributed by atoms with Crippen LogP contribution in [0.2, 0.25) is 0 Å². The smallest absolute Gasteiger partial charge is 0.198 e. The van der Waals surface area contributed by atoms with Crippen LogP contribution in [-0.2, 0) is 9.78 Å². The van der Waals surface area contributed by atoms with Gasteiger partial charge in [0.05, 0.1) is 0 Å². The quantitative estimate of drug-likeness (QED) is 0.350. The fraction of sp³-hybridized carbons (Fsp3) is 0.750. The molecule has 35 valence electrons. The minimum atomic E-state index is 0.0185. The lowest BCUT2D eigenvalue weighted by atomic mass is 10.2. The molecule has 1 radical (unpaired) electrons. The Balaban J connectivity index is 2.13. The molecule has 0 aromatic rings. The first kappa shape index (κ1) is 4.09. The lowest BCUT2D eigenvalue weighted by Gasteiger charge is -1.84. The first-order chi connectivity index (χ1) is 2.80. The Hall–Kier alpha value is -0.0800. The normalized spacial score (nSPS) is 22.5. The van der Waals surface area contributed by atoms with Crippen LogP contribution in [0.5, 0.6) is 0 Å². The second-order valence-corrected chi connectivity index (χ2v) is 1.60. The van der Waals surface area contributed by atoms with E-state index in [1.165, 1.54) is 5.92 Å². The lowest BCUT2D eigenvalue weighted by Crippen LogP contribution is -1.90. The average Bonchev–Trinajstić information content (AvgIpc) is 2.06. The molecular weight excluding hydrogens is 80.0 g/mol. The summed E-state index contributed by atoms with van der Waals surface area (Å²) in [6, 6.07) is 0. The van der Waals surface area contributed by atoms with Crippen LogP contribution in [0.25, 0.3) is 0 Å². The Bertz CT molecular complexity index is 47.5. The summed E-state index contributed by atoms with van der Waals surface area (Å²) in [6.07, 6.45) is 0.0185. The van der Waals surface area contributed by atoms with Gasteiger partial charge in [0.15, 0.2) is 0 Å². The molecule has 0 aromatic heterocycles. The predicted octanol–water partition coefficient (Wildman–Crippen LogP) is 0.889. The fourth-order valence-corrected chi connectivity index (χ4v) is 0.220. The average molecular weight is 87.1 g/mol. The highest BCUT2D eigenvalue weighted by Gasteiger charge is 2.29. The molecule has 0 aliphatic carbocycles. The minimum Gasteiger partial charge on any atom is -0.198 e. The summed E-state index contributed by atoms with van der Waals surface area (Å²) in [7, 11) is 0. The predicted molar refractivity (Wildman–Crippen MR) is 20.5 cm³/mol. The van der Waals surface area contributed by atoms with Crippen LogP contribution >= 0.6 is 0 Å². The Kier molecular flexibility index (Phi) is 0.821. The van der Waals surface area contributed by atoms with Crippen molar-refractivity contribution in [3.8, 4) is 0 Å². The van der Waals surface area contributed by atoms with Gasteiger partial charge in [0, 0.05) is 5.92 Å². The van der Waals surface area contributed by atoms with E-state index in [0.29, 0.717) is 0 Å². The summed E-state index contributed by atoms with van der Waals surface area (Å²) in [5, 5.41) is 0. The molecule has 0 N–H and O–H groups in total. The van der Waals surface area contributed by atoms with Gasteiger partial charge in [-0.05, 0) is 0 Å². The highest BCUT2D eigenvalue weighted by atomic mass is 17.4. The van der Waals surface area contributed by atoms with Crippen molar-refractivity contribution < 1.29 is 9.78 Å². The molecule has 1 aliphatic rings. The van der Waals surface area contributed by atoms with Crippen molar-refractivity contribution in [3.63, 3.8) is 0 Å². The SMILES string of the molecule is C[C](C)C1OO1. The maximum absolute atomic E-state index is 4.43. The molecule has 1 saturated heterocycles. The molecule has 0 aromatic carbocycles. The van der Waals surface area contributed by atoms with Crippen LogP contribution < -0.4 is 0 Å². The first-order valence-corrected chi connectivity index (χ1v) is 1.93. The molecule has 0 unspecified atom stereocenters. The number of hydrogen-bond donors (Lipinski definition) is 0. The molecule has 2 heteroatoms. The highest BCUT2D eigenvalue weighted by Crippen LogP contribution is 2.22. The summed E-state index contributed by atoms with van der Waals surface area (Å²) in [6.45, 7) is 3.94. The van der Waals surface area contributed by atoms with Gasteiger partial charge in [0.2, 0.25) is 6.29 Å². The van der Waals surface area contributed by atoms with Crippen molar-refractivity contribution >= 4 is 0 Å². The molecule has 1 fully saturated rings. The van der Waals surface area contributed by atoms with Gasteiger partial charge in [-0.15, -0.1) is 0 Å². The Morgan fingerprint density at radius 1 is 1.33 bits per heavy atom.